The van der Waals surface area contributed by atoms with Gasteiger partial charge in [0.1, 0.15) is 5.76 Å². The summed E-state index contributed by atoms with van der Waals surface area (Å²) in [4.78, 5) is 4.37. The van der Waals surface area contributed by atoms with Gasteiger partial charge in [0, 0.05) is 11.9 Å². The zero-order valence-electron chi connectivity index (χ0n) is 11.2. The standard InChI is InChI=1S/C15H20N2O/c1-4-8-16-14(15-11(2)7-9-18-15)13-6-5-12(3)17-10-13/h5-7,9-10,14,16H,4,8H2,1-3H3. The van der Waals surface area contributed by atoms with E-state index in [1.165, 1.54) is 5.56 Å². The van der Waals surface area contributed by atoms with Crippen LogP contribution in [-0.2, 0) is 0 Å². The molecule has 0 fully saturated rings. The van der Waals surface area contributed by atoms with Gasteiger partial charge >= 0.3 is 0 Å². The van der Waals surface area contributed by atoms with Gasteiger partial charge in [-0.3, -0.25) is 4.98 Å². The van der Waals surface area contributed by atoms with Crippen molar-refractivity contribution in [1.82, 2.24) is 10.3 Å². The summed E-state index contributed by atoms with van der Waals surface area (Å²) >= 11 is 0. The third-order valence-corrected chi connectivity index (χ3v) is 3.03. The van der Waals surface area contributed by atoms with E-state index < -0.39 is 0 Å². The number of rotatable bonds is 5. The van der Waals surface area contributed by atoms with Gasteiger partial charge in [-0.05, 0) is 50.1 Å². The van der Waals surface area contributed by atoms with E-state index in [4.69, 9.17) is 4.42 Å². The molecule has 96 valence electrons. The number of hydrogen-bond donors (Lipinski definition) is 1. The Morgan fingerprint density at radius 3 is 2.67 bits per heavy atom. The molecule has 1 N–H and O–H groups in total. The second kappa shape index (κ2) is 5.83. The monoisotopic (exact) mass is 244 g/mol. The Bertz CT molecular complexity index is 487. The molecule has 0 spiro atoms. The van der Waals surface area contributed by atoms with Crippen LogP contribution in [0, 0.1) is 13.8 Å². The van der Waals surface area contributed by atoms with Gasteiger partial charge in [-0.1, -0.05) is 13.0 Å². The molecule has 2 aromatic rings. The average molecular weight is 244 g/mol. The molecule has 2 heterocycles. The number of pyridine rings is 1. The fourth-order valence-corrected chi connectivity index (χ4v) is 1.98. The largest absolute Gasteiger partial charge is 0.467 e. The molecule has 0 saturated carbocycles. The van der Waals surface area contributed by atoms with Crippen molar-refractivity contribution in [2.75, 3.05) is 6.54 Å². The predicted octanol–water partition coefficient (Wildman–Crippen LogP) is 3.38. The SMILES string of the molecule is CCCNC(c1ccc(C)nc1)c1occc1C. The molecule has 1 atom stereocenters. The van der Waals surface area contributed by atoms with Crippen molar-refractivity contribution in [3.8, 4) is 0 Å². The summed E-state index contributed by atoms with van der Waals surface area (Å²) in [6.45, 7) is 7.18. The van der Waals surface area contributed by atoms with E-state index in [0.717, 1.165) is 30.0 Å². The lowest BCUT2D eigenvalue weighted by Gasteiger charge is -2.17. The lowest BCUT2D eigenvalue weighted by atomic mass is 10.0. The van der Waals surface area contributed by atoms with Crippen LogP contribution >= 0.6 is 0 Å². The molecule has 0 amide bonds. The number of hydrogen-bond acceptors (Lipinski definition) is 3. The molecule has 2 aromatic heterocycles. The van der Waals surface area contributed by atoms with E-state index in [0.29, 0.717) is 0 Å². The molecular formula is C15H20N2O. The first kappa shape index (κ1) is 12.8. The molecule has 0 aliphatic carbocycles. The minimum Gasteiger partial charge on any atom is -0.467 e. The summed E-state index contributed by atoms with van der Waals surface area (Å²) < 4.78 is 5.62. The van der Waals surface area contributed by atoms with Crippen molar-refractivity contribution in [3.63, 3.8) is 0 Å². The molecule has 0 aliphatic rings. The topological polar surface area (TPSA) is 38.1 Å². The Labute approximate surface area is 108 Å². The maximum Gasteiger partial charge on any atom is 0.128 e. The number of furan rings is 1. The number of nitrogens with one attached hydrogen (secondary N) is 1. The third-order valence-electron chi connectivity index (χ3n) is 3.03. The van der Waals surface area contributed by atoms with Gasteiger partial charge in [0.2, 0.25) is 0 Å². The van der Waals surface area contributed by atoms with Crippen molar-refractivity contribution >= 4 is 0 Å². The summed E-state index contributed by atoms with van der Waals surface area (Å²) in [5.74, 6) is 0.981. The highest BCUT2D eigenvalue weighted by molar-refractivity contribution is 5.29. The molecule has 0 saturated heterocycles. The fourth-order valence-electron chi connectivity index (χ4n) is 1.98. The molecule has 2 rings (SSSR count). The van der Waals surface area contributed by atoms with Crippen LogP contribution in [0.5, 0.6) is 0 Å². The van der Waals surface area contributed by atoms with Crippen LogP contribution in [0.4, 0.5) is 0 Å². The summed E-state index contributed by atoms with van der Waals surface area (Å²) in [5, 5.41) is 3.51. The smallest absolute Gasteiger partial charge is 0.128 e. The first-order valence-electron chi connectivity index (χ1n) is 6.42. The van der Waals surface area contributed by atoms with E-state index in [1.807, 2.05) is 25.3 Å². The van der Waals surface area contributed by atoms with Crippen LogP contribution < -0.4 is 5.32 Å². The van der Waals surface area contributed by atoms with Gasteiger partial charge in [0.05, 0.1) is 12.3 Å². The average Bonchev–Trinajstić information content (AvgIpc) is 2.78. The summed E-state index contributed by atoms with van der Waals surface area (Å²) in [7, 11) is 0. The third kappa shape index (κ3) is 2.79. The van der Waals surface area contributed by atoms with E-state index >= 15 is 0 Å². The Balaban J connectivity index is 2.30. The Morgan fingerprint density at radius 2 is 2.11 bits per heavy atom. The van der Waals surface area contributed by atoms with Crippen molar-refractivity contribution in [3.05, 3.63) is 53.2 Å². The Morgan fingerprint density at radius 1 is 1.28 bits per heavy atom. The van der Waals surface area contributed by atoms with Crippen LogP contribution in [0.2, 0.25) is 0 Å². The molecule has 1 unspecified atom stereocenters. The Kier molecular flexibility index (Phi) is 4.15. The number of aryl methyl sites for hydroxylation is 2. The maximum absolute atomic E-state index is 5.62. The highest BCUT2D eigenvalue weighted by Gasteiger charge is 2.18. The predicted molar refractivity (Wildman–Crippen MR) is 72.6 cm³/mol. The van der Waals surface area contributed by atoms with Gasteiger partial charge in [0.25, 0.3) is 0 Å². The first-order valence-corrected chi connectivity index (χ1v) is 6.42. The van der Waals surface area contributed by atoms with Gasteiger partial charge in [0.15, 0.2) is 0 Å². The fraction of sp³-hybridized carbons (Fsp3) is 0.400. The van der Waals surface area contributed by atoms with E-state index in [1.54, 1.807) is 6.26 Å². The summed E-state index contributed by atoms with van der Waals surface area (Å²) in [5.41, 5.74) is 3.35. The minimum atomic E-state index is 0.0908. The molecule has 18 heavy (non-hydrogen) atoms. The molecule has 0 aromatic carbocycles. The zero-order valence-corrected chi connectivity index (χ0v) is 11.2. The van der Waals surface area contributed by atoms with Crippen LogP contribution in [0.25, 0.3) is 0 Å². The van der Waals surface area contributed by atoms with Crippen molar-refractivity contribution < 1.29 is 4.42 Å². The highest BCUT2D eigenvalue weighted by Crippen LogP contribution is 2.25. The first-order chi connectivity index (χ1) is 8.72. The van der Waals surface area contributed by atoms with Crippen molar-refractivity contribution in [1.29, 1.82) is 0 Å². The van der Waals surface area contributed by atoms with E-state index in [2.05, 4.69) is 30.2 Å². The van der Waals surface area contributed by atoms with Crippen molar-refractivity contribution in [2.45, 2.75) is 33.2 Å². The molecule has 0 radical (unpaired) electrons. The number of nitrogens with zero attached hydrogens (tertiary/aromatic N) is 1. The van der Waals surface area contributed by atoms with Crippen LogP contribution in [-0.4, -0.2) is 11.5 Å². The highest BCUT2D eigenvalue weighted by atomic mass is 16.3. The van der Waals surface area contributed by atoms with Gasteiger partial charge in [-0.15, -0.1) is 0 Å². The second-order valence-electron chi connectivity index (χ2n) is 4.59. The number of aromatic nitrogens is 1. The second-order valence-corrected chi connectivity index (χ2v) is 4.59. The van der Waals surface area contributed by atoms with Gasteiger partial charge in [-0.2, -0.15) is 0 Å². The van der Waals surface area contributed by atoms with E-state index in [-0.39, 0.29) is 6.04 Å². The minimum absolute atomic E-state index is 0.0908. The van der Waals surface area contributed by atoms with Gasteiger partial charge < -0.3 is 9.73 Å². The molecule has 0 aliphatic heterocycles. The normalized spacial score (nSPS) is 12.6. The van der Waals surface area contributed by atoms with Gasteiger partial charge in [-0.25, -0.2) is 0 Å². The van der Waals surface area contributed by atoms with Crippen molar-refractivity contribution in [2.24, 2.45) is 0 Å². The molecule has 3 nitrogen and oxygen atoms in total. The van der Waals surface area contributed by atoms with Crippen LogP contribution in [0.1, 0.15) is 42.0 Å². The molecular weight excluding hydrogens is 224 g/mol. The lowest BCUT2D eigenvalue weighted by Crippen LogP contribution is -2.23. The molecule has 3 heteroatoms. The summed E-state index contributed by atoms with van der Waals surface area (Å²) in [6.07, 6.45) is 4.76. The Hall–Kier alpha value is -1.61. The van der Waals surface area contributed by atoms with Crippen LogP contribution in [0.3, 0.4) is 0 Å². The lowest BCUT2D eigenvalue weighted by molar-refractivity contribution is 0.443. The molecule has 0 bridgehead atoms. The van der Waals surface area contributed by atoms with Crippen LogP contribution in [0.15, 0.2) is 35.1 Å². The van der Waals surface area contributed by atoms with E-state index in [9.17, 15) is 0 Å². The summed E-state index contributed by atoms with van der Waals surface area (Å²) in [6, 6.07) is 6.23. The maximum atomic E-state index is 5.62. The zero-order chi connectivity index (χ0) is 13.0. The quantitative estimate of drug-likeness (QED) is 0.876.